The van der Waals surface area contributed by atoms with Gasteiger partial charge in [0.25, 0.3) is 0 Å². The number of nitrogens with zero attached hydrogens (tertiary/aromatic N) is 3. The summed E-state index contributed by atoms with van der Waals surface area (Å²) in [6.45, 7) is 4.92. The summed E-state index contributed by atoms with van der Waals surface area (Å²) in [7, 11) is 1.49. The summed E-state index contributed by atoms with van der Waals surface area (Å²) in [5.74, 6) is 0.527. The minimum Gasteiger partial charge on any atom is -0.399 e. The van der Waals surface area contributed by atoms with E-state index in [1.54, 1.807) is 6.21 Å². The number of hydrogen-bond donors (Lipinski definition) is 1. The van der Waals surface area contributed by atoms with Crippen molar-refractivity contribution in [3.05, 3.63) is 35.4 Å². The van der Waals surface area contributed by atoms with E-state index in [9.17, 15) is 0 Å². The number of benzene rings is 1. The van der Waals surface area contributed by atoms with E-state index in [0.717, 1.165) is 11.1 Å². The van der Waals surface area contributed by atoms with Crippen LogP contribution in [-0.2, 0) is 14.5 Å². The molecule has 1 aromatic carbocycles. The van der Waals surface area contributed by atoms with Gasteiger partial charge in [0.15, 0.2) is 11.5 Å². The quantitative estimate of drug-likeness (QED) is 0.641. The Balaban J connectivity index is 2.34. The van der Waals surface area contributed by atoms with Crippen molar-refractivity contribution in [1.82, 2.24) is 5.48 Å². The Kier molecular flexibility index (Phi) is 5.91. The molecule has 0 radical (unpaired) electrons. The molecule has 0 atom stereocenters. The van der Waals surface area contributed by atoms with Crippen molar-refractivity contribution in [3.8, 4) is 0 Å². The number of nitrogens with one attached hydrogen (secondary N) is 1. The maximum atomic E-state index is 5.21. The molecule has 118 valence electrons. The van der Waals surface area contributed by atoms with Crippen molar-refractivity contribution in [2.24, 2.45) is 15.3 Å². The number of hydrogen-bond acceptors (Lipinski definition) is 7. The van der Waals surface area contributed by atoms with Gasteiger partial charge in [0.05, 0.1) is 19.4 Å². The lowest BCUT2D eigenvalue weighted by molar-refractivity contribution is 0.0836. The fourth-order valence-corrected chi connectivity index (χ4v) is 1.82. The standard InChI is InChI=1S/C15H20N4O3/c1-11(2)22-17-10-12-6-4-5-7-13(12)14(18-20-3)15-16-8-9-21-19-15/h4-7,10-11H,8-9H2,1-3H3,(H,16,19). The Hall–Kier alpha value is -2.41. The molecule has 0 saturated heterocycles. The van der Waals surface area contributed by atoms with E-state index in [1.165, 1.54) is 7.11 Å². The molecule has 0 aromatic heterocycles. The molecular weight excluding hydrogens is 284 g/mol. The largest absolute Gasteiger partial charge is 0.399 e. The third kappa shape index (κ3) is 4.29. The van der Waals surface area contributed by atoms with E-state index < -0.39 is 0 Å². The zero-order valence-corrected chi connectivity index (χ0v) is 12.9. The molecule has 1 aliphatic rings. The van der Waals surface area contributed by atoms with Crippen molar-refractivity contribution in [3.63, 3.8) is 0 Å². The zero-order valence-electron chi connectivity index (χ0n) is 12.9. The Morgan fingerprint density at radius 2 is 2.23 bits per heavy atom. The molecule has 0 aliphatic carbocycles. The Bertz CT molecular complexity index is 582. The first-order chi connectivity index (χ1) is 10.7. The topological polar surface area (TPSA) is 76.8 Å². The first-order valence-corrected chi connectivity index (χ1v) is 7.04. The summed E-state index contributed by atoms with van der Waals surface area (Å²) in [4.78, 5) is 19.7. The van der Waals surface area contributed by atoms with Crippen LogP contribution in [0.5, 0.6) is 0 Å². The molecule has 2 rings (SSSR count). The summed E-state index contributed by atoms with van der Waals surface area (Å²) < 4.78 is 0. The second-order valence-electron chi connectivity index (χ2n) is 4.78. The molecule has 0 unspecified atom stereocenters. The summed E-state index contributed by atoms with van der Waals surface area (Å²) in [6, 6.07) is 7.65. The molecule has 1 heterocycles. The third-order valence-corrected chi connectivity index (χ3v) is 2.72. The van der Waals surface area contributed by atoms with Crippen LogP contribution in [-0.4, -0.2) is 44.1 Å². The Morgan fingerprint density at radius 3 is 2.91 bits per heavy atom. The first kappa shape index (κ1) is 16.0. The average Bonchev–Trinajstić information content (AvgIpc) is 2.54. The van der Waals surface area contributed by atoms with Crippen LogP contribution in [0.3, 0.4) is 0 Å². The predicted molar refractivity (Wildman–Crippen MR) is 85.2 cm³/mol. The molecular formula is C15H20N4O3. The number of amidine groups is 1. The molecule has 1 aromatic rings. The minimum absolute atomic E-state index is 0.0216. The molecule has 0 spiro atoms. The lowest BCUT2D eigenvalue weighted by Gasteiger charge is -2.16. The van der Waals surface area contributed by atoms with Gasteiger partial charge in [-0.2, -0.15) is 0 Å². The first-order valence-electron chi connectivity index (χ1n) is 7.04. The second kappa shape index (κ2) is 8.14. The van der Waals surface area contributed by atoms with Crippen molar-refractivity contribution >= 4 is 17.8 Å². The lowest BCUT2D eigenvalue weighted by Crippen LogP contribution is -2.37. The van der Waals surface area contributed by atoms with E-state index >= 15 is 0 Å². The Labute approximate surface area is 129 Å². The van der Waals surface area contributed by atoms with Crippen molar-refractivity contribution in [2.45, 2.75) is 20.0 Å². The number of rotatable bonds is 6. The smallest absolute Gasteiger partial charge is 0.175 e. The van der Waals surface area contributed by atoms with E-state index in [4.69, 9.17) is 14.5 Å². The van der Waals surface area contributed by atoms with Crippen LogP contribution in [0, 0.1) is 0 Å². The van der Waals surface area contributed by atoms with Crippen LogP contribution in [0.4, 0.5) is 0 Å². The normalized spacial score (nSPS) is 15.6. The minimum atomic E-state index is 0.0216. The number of hydroxylamine groups is 1. The van der Waals surface area contributed by atoms with Crippen LogP contribution < -0.4 is 5.48 Å². The highest BCUT2D eigenvalue weighted by atomic mass is 16.6. The van der Waals surface area contributed by atoms with Gasteiger partial charge in [0, 0.05) is 11.1 Å². The maximum absolute atomic E-state index is 5.21. The van der Waals surface area contributed by atoms with Gasteiger partial charge in [-0.25, -0.2) is 5.48 Å². The predicted octanol–water partition coefficient (Wildman–Crippen LogP) is 1.73. The summed E-state index contributed by atoms with van der Waals surface area (Å²) in [5.41, 5.74) is 4.98. The second-order valence-corrected chi connectivity index (χ2v) is 4.78. The van der Waals surface area contributed by atoms with Gasteiger partial charge in [-0.05, 0) is 13.8 Å². The van der Waals surface area contributed by atoms with Crippen molar-refractivity contribution in [2.75, 3.05) is 20.3 Å². The van der Waals surface area contributed by atoms with Crippen LogP contribution in [0.2, 0.25) is 0 Å². The highest BCUT2D eigenvalue weighted by Gasteiger charge is 2.18. The van der Waals surface area contributed by atoms with Crippen LogP contribution in [0.1, 0.15) is 25.0 Å². The van der Waals surface area contributed by atoms with E-state index in [0.29, 0.717) is 24.7 Å². The average molecular weight is 304 g/mol. The lowest BCUT2D eigenvalue weighted by atomic mass is 10.0. The zero-order chi connectivity index (χ0) is 15.8. The van der Waals surface area contributed by atoms with E-state index in [2.05, 4.69) is 20.8 Å². The molecule has 0 bridgehead atoms. The van der Waals surface area contributed by atoms with E-state index in [-0.39, 0.29) is 6.10 Å². The fraction of sp³-hybridized carbons (Fsp3) is 0.400. The van der Waals surface area contributed by atoms with Gasteiger partial charge in [-0.1, -0.05) is 34.6 Å². The fourth-order valence-electron chi connectivity index (χ4n) is 1.82. The molecule has 7 heteroatoms. The molecule has 22 heavy (non-hydrogen) atoms. The van der Waals surface area contributed by atoms with Gasteiger partial charge in [0.1, 0.15) is 13.2 Å². The summed E-state index contributed by atoms with van der Waals surface area (Å²) in [5, 5.41) is 8.04. The maximum Gasteiger partial charge on any atom is 0.175 e. The van der Waals surface area contributed by atoms with Crippen LogP contribution in [0.25, 0.3) is 0 Å². The SMILES string of the molecule is CON=C(C1=NCCON1)c1ccccc1C=NOC(C)C. The number of aliphatic imine (C=N–C) groups is 1. The molecule has 1 aliphatic heterocycles. The summed E-state index contributed by atoms with van der Waals surface area (Å²) >= 11 is 0. The van der Waals surface area contributed by atoms with Gasteiger partial charge in [-0.15, -0.1) is 0 Å². The van der Waals surface area contributed by atoms with Gasteiger partial charge in [-0.3, -0.25) is 9.83 Å². The van der Waals surface area contributed by atoms with E-state index in [1.807, 2.05) is 38.1 Å². The molecule has 1 N–H and O–H groups in total. The molecule has 0 saturated carbocycles. The molecule has 0 amide bonds. The van der Waals surface area contributed by atoms with Gasteiger partial charge in [0.2, 0.25) is 0 Å². The van der Waals surface area contributed by atoms with Crippen LogP contribution in [0.15, 0.2) is 39.6 Å². The highest BCUT2D eigenvalue weighted by Crippen LogP contribution is 2.11. The van der Waals surface area contributed by atoms with Gasteiger partial charge < -0.3 is 9.68 Å². The Morgan fingerprint density at radius 1 is 1.41 bits per heavy atom. The molecule has 7 nitrogen and oxygen atoms in total. The summed E-state index contributed by atoms with van der Waals surface area (Å²) in [6.07, 6.45) is 1.67. The monoisotopic (exact) mass is 304 g/mol. The number of oxime groups is 2. The molecule has 0 fully saturated rings. The van der Waals surface area contributed by atoms with Crippen LogP contribution >= 0.6 is 0 Å². The van der Waals surface area contributed by atoms with Crippen molar-refractivity contribution < 1.29 is 14.5 Å². The van der Waals surface area contributed by atoms with Gasteiger partial charge >= 0.3 is 0 Å². The third-order valence-electron chi connectivity index (χ3n) is 2.72. The highest BCUT2D eigenvalue weighted by molar-refractivity contribution is 6.48. The van der Waals surface area contributed by atoms with Crippen molar-refractivity contribution in [1.29, 1.82) is 0 Å².